The van der Waals surface area contributed by atoms with Crippen molar-refractivity contribution in [2.24, 2.45) is 0 Å². The molecule has 6 aromatic rings. The van der Waals surface area contributed by atoms with E-state index in [2.05, 4.69) is 28.7 Å². The third-order valence-electron chi connectivity index (χ3n) is 5.78. The first-order valence-electron chi connectivity index (χ1n) is 10.1. The molecule has 4 heteroatoms. The van der Waals surface area contributed by atoms with Gasteiger partial charge in [0.25, 0.3) is 5.56 Å². The highest BCUT2D eigenvalue weighted by Gasteiger charge is 2.21. The molecule has 0 fully saturated rings. The highest BCUT2D eigenvalue weighted by atomic mass is 35.5. The van der Waals surface area contributed by atoms with Crippen molar-refractivity contribution in [3.8, 4) is 16.8 Å². The monoisotopic (exact) mass is 420 g/mol. The van der Waals surface area contributed by atoms with Crippen molar-refractivity contribution in [1.29, 1.82) is 0 Å². The third-order valence-corrected chi connectivity index (χ3v) is 6.01. The van der Waals surface area contributed by atoms with Crippen LogP contribution in [0, 0.1) is 0 Å². The topological polar surface area (TPSA) is 26.4 Å². The number of benzene rings is 4. The zero-order valence-electron chi connectivity index (χ0n) is 16.5. The first-order chi connectivity index (χ1) is 15.2. The normalized spacial score (nSPS) is 11.5. The molecule has 2 aromatic heterocycles. The number of nitrogens with zero attached hydrogens (tertiary/aromatic N) is 2. The average Bonchev–Trinajstić information content (AvgIpc) is 3.16. The largest absolute Gasteiger partial charge is 0.302 e. The molecule has 148 valence electrons. The number of hydrogen-bond acceptors (Lipinski definition) is 1. The van der Waals surface area contributed by atoms with Crippen molar-refractivity contribution >= 4 is 39.1 Å². The Kier molecular flexibility index (Phi) is 3.98. The van der Waals surface area contributed by atoms with Crippen molar-refractivity contribution in [1.82, 2.24) is 8.97 Å². The second kappa shape index (κ2) is 6.86. The minimum atomic E-state index is -0.0731. The standard InChI is InChI=1S/C27H17ClN2O/c28-19-15-16-23-24(17-19)29(20-11-5-2-6-12-20)27(31)26-25(18-9-3-1-4-10-18)21-13-7-8-14-22(21)30(23)26/h1-17H. The van der Waals surface area contributed by atoms with E-state index in [1.165, 1.54) is 0 Å². The van der Waals surface area contributed by atoms with Crippen LogP contribution in [0.25, 0.3) is 44.3 Å². The second-order valence-corrected chi connectivity index (χ2v) is 7.99. The molecule has 0 radical (unpaired) electrons. The predicted molar refractivity (Wildman–Crippen MR) is 128 cm³/mol. The van der Waals surface area contributed by atoms with Gasteiger partial charge in [-0.25, -0.2) is 0 Å². The van der Waals surface area contributed by atoms with Gasteiger partial charge in [0.15, 0.2) is 0 Å². The van der Waals surface area contributed by atoms with E-state index in [0.29, 0.717) is 10.5 Å². The maximum atomic E-state index is 14.1. The summed E-state index contributed by atoms with van der Waals surface area (Å²) in [7, 11) is 0. The Hall–Kier alpha value is -3.82. The predicted octanol–water partition coefficient (Wildman–Crippen LogP) is 6.72. The van der Waals surface area contributed by atoms with Crippen LogP contribution >= 0.6 is 11.6 Å². The summed E-state index contributed by atoms with van der Waals surface area (Å²) in [6, 6.07) is 33.7. The maximum absolute atomic E-state index is 14.1. The van der Waals surface area contributed by atoms with E-state index in [9.17, 15) is 4.79 Å². The summed E-state index contributed by atoms with van der Waals surface area (Å²) in [5, 5.41) is 1.64. The van der Waals surface area contributed by atoms with E-state index in [0.717, 1.165) is 38.8 Å². The van der Waals surface area contributed by atoms with Gasteiger partial charge in [-0.05, 0) is 42.0 Å². The molecule has 2 heterocycles. The van der Waals surface area contributed by atoms with E-state index in [-0.39, 0.29) is 5.56 Å². The van der Waals surface area contributed by atoms with Gasteiger partial charge in [0.05, 0.1) is 16.6 Å². The summed E-state index contributed by atoms with van der Waals surface area (Å²) < 4.78 is 3.84. The zero-order valence-corrected chi connectivity index (χ0v) is 17.3. The van der Waals surface area contributed by atoms with Crippen LogP contribution in [0.4, 0.5) is 0 Å². The molecule has 0 saturated heterocycles. The number of aromatic nitrogens is 2. The van der Waals surface area contributed by atoms with E-state index in [1.807, 2.05) is 78.9 Å². The number of para-hydroxylation sites is 2. The molecule has 6 rings (SSSR count). The van der Waals surface area contributed by atoms with Crippen molar-refractivity contribution in [3.63, 3.8) is 0 Å². The molecule has 4 aromatic carbocycles. The van der Waals surface area contributed by atoms with Gasteiger partial charge in [0.2, 0.25) is 0 Å². The van der Waals surface area contributed by atoms with Gasteiger partial charge >= 0.3 is 0 Å². The van der Waals surface area contributed by atoms with Gasteiger partial charge < -0.3 is 4.40 Å². The Morgan fingerprint density at radius 3 is 2.10 bits per heavy atom. The maximum Gasteiger partial charge on any atom is 0.280 e. The summed E-state index contributed by atoms with van der Waals surface area (Å²) in [5.41, 5.74) is 6.07. The van der Waals surface area contributed by atoms with Crippen LogP contribution in [0.3, 0.4) is 0 Å². The Morgan fingerprint density at radius 2 is 1.32 bits per heavy atom. The van der Waals surface area contributed by atoms with E-state index in [1.54, 1.807) is 4.57 Å². The molecule has 0 N–H and O–H groups in total. The Labute approximate surface area is 183 Å². The lowest BCUT2D eigenvalue weighted by Gasteiger charge is -2.14. The molecule has 0 amide bonds. The van der Waals surface area contributed by atoms with Gasteiger partial charge in [0, 0.05) is 21.7 Å². The molecule has 0 spiro atoms. The van der Waals surface area contributed by atoms with Crippen molar-refractivity contribution in [2.75, 3.05) is 0 Å². The smallest absolute Gasteiger partial charge is 0.280 e. The van der Waals surface area contributed by atoms with Crippen LogP contribution in [-0.2, 0) is 0 Å². The average molecular weight is 421 g/mol. The Balaban J connectivity index is 1.94. The van der Waals surface area contributed by atoms with E-state index in [4.69, 9.17) is 11.6 Å². The molecular formula is C27H17ClN2O. The highest BCUT2D eigenvalue weighted by Crippen LogP contribution is 2.36. The van der Waals surface area contributed by atoms with Gasteiger partial charge in [-0.3, -0.25) is 9.36 Å². The molecular weight excluding hydrogens is 404 g/mol. The Bertz CT molecular complexity index is 1650. The zero-order chi connectivity index (χ0) is 20.9. The first-order valence-corrected chi connectivity index (χ1v) is 10.5. The summed E-state index contributed by atoms with van der Waals surface area (Å²) in [5.74, 6) is 0. The Morgan fingerprint density at radius 1 is 0.645 bits per heavy atom. The van der Waals surface area contributed by atoms with Crippen LogP contribution in [-0.4, -0.2) is 8.97 Å². The summed E-state index contributed by atoms with van der Waals surface area (Å²) in [6.45, 7) is 0. The molecule has 3 nitrogen and oxygen atoms in total. The molecule has 0 aliphatic carbocycles. The van der Waals surface area contributed by atoms with Crippen LogP contribution in [0.2, 0.25) is 5.02 Å². The molecule has 0 unspecified atom stereocenters. The minimum absolute atomic E-state index is 0.0731. The van der Waals surface area contributed by atoms with Crippen LogP contribution in [0.1, 0.15) is 0 Å². The van der Waals surface area contributed by atoms with Crippen LogP contribution < -0.4 is 5.56 Å². The lowest BCUT2D eigenvalue weighted by Crippen LogP contribution is -2.21. The highest BCUT2D eigenvalue weighted by molar-refractivity contribution is 6.31. The second-order valence-electron chi connectivity index (χ2n) is 7.55. The molecule has 0 bridgehead atoms. The van der Waals surface area contributed by atoms with Crippen molar-refractivity contribution < 1.29 is 0 Å². The van der Waals surface area contributed by atoms with Gasteiger partial charge in [-0.2, -0.15) is 0 Å². The number of halogens is 1. The number of hydrogen-bond donors (Lipinski definition) is 0. The SMILES string of the molecule is O=c1c2c(-c3ccccc3)c3ccccc3n2c2ccc(Cl)cc2n1-c1ccccc1. The first kappa shape index (κ1) is 18.0. The lowest BCUT2D eigenvalue weighted by atomic mass is 10.0. The molecule has 0 aliphatic heterocycles. The van der Waals surface area contributed by atoms with Gasteiger partial charge in [-0.15, -0.1) is 0 Å². The third kappa shape index (κ3) is 2.64. The quantitative estimate of drug-likeness (QED) is 0.305. The fourth-order valence-electron chi connectivity index (χ4n) is 4.50. The number of rotatable bonds is 2. The number of fused-ring (bicyclic) bond motifs is 5. The van der Waals surface area contributed by atoms with Crippen LogP contribution in [0.15, 0.2) is 108 Å². The van der Waals surface area contributed by atoms with Crippen molar-refractivity contribution in [3.05, 3.63) is 119 Å². The molecule has 0 saturated carbocycles. The summed E-state index contributed by atoms with van der Waals surface area (Å²) in [4.78, 5) is 14.1. The minimum Gasteiger partial charge on any atom is -0.302 e. The van der Waals surface area contributed by atoms with E-state index >= 15 is 0 Å². The van der Waals surface area contributed by atoms with Gasteiger partial charge in [0.1, 0.15) is 5.52 Å². The fourth-order valence-corrected chi connectivity index (χ4v) is 4.67. The van der Waals surface area contributed by atoms with Gasteiger partial charge in [-0.1, -0.05) is 78.3 Å². The summed E-state index contributed by atoms with van der Waals surface area (Å²) in [6.07, 6.45) is 0. The fraction of sp³-hybridized carbons (Fsp3) is 0. The van der Waals surface area contributed by atoms with Crippen molar-refractivity contribution in [2.45, 2.75) is 0 Å². The molecule has 0 aliphatic rings. The molecule has 31 heavy (non-hydrogen) atoms. The lowest BCUT2D eigenvalue weighted by molar-refractivity contribution is 1.03. The van der Waals surface area contributed by atoms with E-state index < -0.39 is 0 Å². The van der Waals surface area contributed by atoms with Crippen LogP contribution in [0.5, 0.6) is 0 Å². The summed E-state index contributed by atoms with van der Waals surface area (Å²) >= 11 is 6.38. The molecule has 0 atom stereocenters.